The van der Waals surface area contributed by atoms with Gasteiger partial charge in [-0.2, -0.15) is 0 Å². The van der Waals surface area contributed by atoms with Crippen molar-refractivity contribution in [2.45, 2.75) is 38.9 Å². The van der Waals surface area contributed by atoms with Crippen molar-refractivity contribution in [1.29, 1.82) is 0 Å². The highest BCUT2D eigenvalue weighted by atomic mass is 19.1. The molecular formula is C15H20F2N2. The Labute approximate surface area is 112 Å². The monoisotopic (exact) mass is 266 g/mol. The van der Waals surface area contributed by atoms with Gasteiger partial charge in [-0.05, 0) is 51.0 Å². The molecule has 1 unspecified atom stereocenters. The molecular weight excluding hydrogens is 246 g/mol. The highest BCUT2D eigenvalue weighted by Gasteiger charge is 2.17. The van der Waals surface area contributed by atoms with E-state index in [1.54, 1.807) is 19.9 Å². The molecule has 1 aromatic heterocycles. The van der Waals surface area contributed by atoms with Crippen LogP contribution >= 0.6 is 0 Å². The summed E-state index contributed by atoms with van der Waals surface area (Å²) in [6.07, 6.45) is 2.67. The summed E-state index contributed by atoms with van der Waals surface area (Å²) in [5, 5.41) is 4.20. The van der Waals surface area contributed by atoms with E-state index in [0.29, 0.717) is 6.54 Å². The number of rotatable bonds is 5. The Morgan fingerprint density at radius 2 is 2.11 bits per heavy atom. The highest BCUT2D eigenvalue weighted by Crippen LogP contribution is 2.20. The lowest BCUT2D eigenvalue weighted by atomic mass is 10.1. The number of H-pyrrole nitrogens is 1. The fourth-order valence-corrected chi connectivity index (χ4v) is 2.15. The van der Waals surface area contributed by atoms with Crippen molar-refractivity contribution >= 4 is 10.9 Å². The third-order valence-corrected chi connectivity index (χ3v) is 3.13. The molecule has 2 nitrogen and oxygen atoms in total. The molecule has 4 heteroatoms. The van der Waals surface area contributed by atoms with Gasteiger partial charge in [0.15, 0.2) is 0 Å². The first-order chi connectivity index (χ1) is 8.85. The van der Waals surface area contributed by atoms with Crippen molar-refractivity contribution in [2.24, 2.45) is 0 Å². The van der Waals surface area contributed by atoms with Crippen LogP contribution in [0.25, 0.3) is 10.9 Å². The molecule has 19 heavy (non-hydrogen) atoms. The maximum Gasteiger partial charge on any atom is 0.125 e. The van der Waals surface area contributed by atoms with Gasteiger partial charge in [0.1, 0.15) is 11.5 Å². The normalized spacial score (nSPS) is 13.9. The second-order valence-corrected chi connectivity index (χ2v) is 5.71. The number of hydrogen-bond donors (Lipinski definition) is 2. The number of alkyl halides is 1. The van der Waals surface area contributed by atoms with Gasteiger partial charge < -0.3 is 10.3 Å². The van der Waals surface area contributed by atoms with Crippen LogP contribution in [0.3, 0.4) is 0 Å². The van der Waals surface area contributed by atoms with Gasteiger partial charge in [0.05, 0.1) is 0 Å². The Bertz CT molecular complexity index is 555. The largest absolute Gasteiger partial charge is 0.361 e. The maximum absolute atomic E-state index is 13.4. The van der Waals surface area contributed by atoms with Crippen LogP contribution in [-0.4, -0.2) is 23.2 Å². The van der Waals surface area contributed by atoms with Crippen molar-refractivity contribution in [1.82, 2.24) is 10.3 Å². The molecule has 0 fully saturated rings. The van der Waals surface area contributed by atoms with Gasteiger partial charge in [-0.25, -0.2) is 8.78 Å². The van der Waals surface area contributed by atoms with Gasteiger partial charge in [-0.1, -0.05) is 0 Å². The number of hydrogen-bond acceptors (Lipinski definition) is 1. The minimum atomic E-state index is -1.21. The summed E-state index contributed by atoms with van der Waals surface area (Å²) in [6.45, 7) is 5.46. The van der Waals surface area contributed by atoms with E-state index in [1.807, 2.05) is 13.1 Å². The summed E-state index contributed by atoms with van der Waals surface area (Å²) in [5.41, 5.74) is 0.706. The summed E-state index contributed by atoms with van der Waals surface area (Å²) >= 11 is 0. The first-order valence-corrected chi connectivity index (χ1v) is 6.53. The molecule has 1 aromatic carbocycles. The van der Waals surface area contributed by atoms with Gasteiger partial charge in [-0.3, -0.25) is 0 Å². The number of halogens is 2. The zero-order valence-corrected chi connectivity index (χ0v) is 11.6. The molecule has 0 amide bonds. The third-order valence-electron chi connectivity index (χ3n) is 3.13. The first-order valence-electron chi connectivity index (χ1n) is 6.53. The van der Waals surface area contributed by atoms with Crippen LogP contribution in [0.15, 0.2) is 24.4 Å². The molecule has 0 spiro atoms. The molecule has 0 aliphatic heterocycles. The fraction of sp³-hybridized carbons (Fsp3) is 0.467. The summed E-state index contributed by atoms with van der Waals surface area (Å²) in [7, 11) is 0. The number of nitrogens with one attached hydrogen (secondary N) is 2. The Hall–Kier alpha value is -1.42. The van der Waals surface area contributed by atoms with Gasteiger partial charge in [0, 0.05) is 29.7 Å². The maximum atomic E-state index is 13.4. The highest BCUT2D eigenvalue weighted by molar-refractivity contribution is 5.83. The van der Waals surface area contributed by atoms with Crippen molar-refractivity contribution in [2.75, 3.05) is 6.54 Å². The van der Waals surface area contributed by atoms with Crippen molar-refractivity contribution in [3.8, 4) is 0 Å². The molecule has 0 saturated heterocycles. The van der Waals surface area contributed by atoms with Crippen LogP contribution in [0.5, 0.6) is 0 Å². The van der Waals surface area contributed by atoms with Crippen molar-refractivity contribution < 1.29 is 8.78 Å². The molecule has 2 N–H and O–H groups in total. The van der Waals surface area contributed by atoms with Crippen LogP contribution in [0.1, 0.15) is 26.3 Å². The molecule has 0 saturated carbocycles. The molecule has 0 radical (unpaired) electrons. The van der Waals surface area contributed by atoms with Crippen LogP contribution in [0, 0.1) is 5.82 Å². The Kier molecular flexibility index (Phi) is 3.90. The molecule has 1 atom stereocenters. The average Bonchev–Trinajstić information content (AvgIpc) is 2.68. The summed E-state index contributed by atoms with van der Waals surface area (Å²) in [5.74, 6) is -0.244. The summed E-state index contributed by atoms with van der Waals surface area (Å²) in [6, 6.07) is 4.89. The predicted molar refractivity (Wildman–Crippen MR) is 74.6 cm³/mol. The zero-order chi connectivity index (χ0) is 14.0. The minimum Gasteiger partial charge on any atom is -0.361 e. The Morgan fingerprint density at radius 3 is 2.79 bits per heavy atom. The lowest BCUT2D eigenvalue weighted by molar-refractivity contribution is 0.204. The smallest absolute Gasteiger partial charge is 0.125 e. The van der Waals surface area contributed by atoms with Crippen LogP contribution in [0.2, 0.25) is 0 Å². The van der Waals surface area contributed by atoms with E-state index in [1.165, 1.54) is 12.1 Å². The number of aromatic nitrogens is 1. The standard InChI is InChI=1S/C15H20F2N2/c1-10(19-9-15(2,3)17)6-11-8-18-14-7-12(16)4-5-13(11)14/h4-5,7-8,10,18-19H,6,9H2,1-3H3. The molecule has 2 aromatic rings. The van der Waals surface area contributed by atoms with E-state index >= 15 is 0 Å². The molecule has 0 bridgehead atoms. The van der Waals surface area contributed by atoms with Crippen molar-refractivity contribution in [3.63, 3.8) is 0 Å². The number of fused-ring (bicyclic) bond motifs is 1. The van der Waals surface area contributed by atoms with Gasteiger partial charge in [-0.15, -0.1) is 0 Å². The van der Waals surface area contributed by atoms with Crippen LogP contribution < -0.4 is 5.32 Å². The fourth-order valence-electron chi connectivity index (χ4n) is 2.15. The zero-order valence-electron chi connectivity index (χ0n) is 11.6. The predicted octanol–water partition coefficient (Wildman–Crippen LogP) is 3.58. The van der Waals surface area contributed by atoms with Gasteiger partial charge >= 0.3 is 0 Å². The summed E-state index contributed by atoms with van der Waals surface area (Å²) < 4.78 is 26.5. The molecule has 1 heterocycles. The molecule has 0 aliphatic carbocycles. The Balaban J connectivity index is 2.05. The minimum absolute atomic E-state index is 0.166. The topological polar surface area (TPSA) is 27.8 Å². The van der Waals surface area contributed by atoms with Crippen LogP contribution in [-0.2, 0) is 6.42 Å². The average molecular weight is 266 g/mol. The van der Waals surface area contributed by atoms with Gasteiger partial charge in [0.25, 0.3) is 0 Å². The van der Waals surface area contributed by atoms with E-state index < -0.39 is 5.67 Å². The van der Waals surface area contributed by atoms with E-state index in [4.69, 9.17) is 0 Å². The second kappa shape index (κ2) is 5.29. The number of aromatic amines is 1. The van der Waals surface area contributed by atoms with Crippen molar-refractivity contribution in [3.05, 3.63) is 35.8 Å². The number of benzene rings is 1. The third kappa shape index (κ3) is 3.77. The van der Waals surface area contributed by atoms with E-state index in [2.05, 4.69) is 10.3 Å². The quantitative estimate of drug-likeness (QED) is 0.850. The second-order valence-electron chi connectivity index (χ2n) is 5.71. The Morgan fingerprint density at radius 1 is 1.37 bits per heavy atom. The lowest BCUT2D eigenvalue weighted by Crippen LogP contribution is -2.37. The van der Waals surface area contributed by atoms with E-state index in [9.17, 15) is 8.78 Å². The van der Waals surface area contributed by atoms with Crippen LogP contribution in [0.4, 0.5) is 8.78 Å². The first kappa shape index (κ1) is 14.0. The lowest BCUT2D eigenvalue weighted by Gasteiger charge is -2.19. The molecule has 2 rings (SSSR count). The summed E-state index contributed by atoms with van der Waals surface area (Å²) in [4.78, 5) is 3.06. The molecule has 104 valence electrons. The van der Waals surface area contributed by atoms with Gasteiger partial charge in [0.2, 0.25) is 0 Å². The van der Waals surface area contributed by atoms with E-state index in [0.717, 1.165) is 22.9 Å². The molecule has 0 aliphatic rings. The SMILES string of the molecule is CC(Cc1c[nH]c2cc(F)ccc12)NCC(C)(C)F. The van der Waals surface area contributed by atoms with E-state index in [-0.39, 0.29) is 11.9 Å².